The van der Waals surface area contributed by atoms with Crippen molar-refractivity contribution in [3.63, 3.8) is 0 Å². The van der Waals surface area contributed by atoms with Crippen molar-refractivity contribution >= 4 is 11.3 Å². The van der Waals surface area contributed by atoms with Crippen LogP contribution in [0.15, 0.2) is 23.8 Å². The van der Waals surface area contributed by atoms with E-state index in [1.165, 1.54) is 10.6 Å². The molecule has 0 saturated carbocycles. The first-order valence-electron chi connectivity index (χ1n) is 5.06. The topological polar surface area (TPSA) is 43.8 Å². The molecule has 80 valence electrons. The monoisotopic (exact) mass is 221 g/mol. The van der Waals surface area contributed by atoms with Crippen LogP contribution in [0, 0.1) is 0 Å². The highest BCUT2D eigenvalue weighted by molar-refractivity contribution is 7.09. The average molecular weight is 221 g/mol. The molecule has 0 aliphatic carbocycles. The fourth-order valence-electron chi connectivity index (χ4n) is 1.47. The summed E-state index contributed by atoms with van der Waals surface area (Å²) in [6, 6.07) is 2.09. The second-order valence-corrected chi connectivity index (χ2v) is 4.53. The third kappa shape index (κ3) is 2.46. The molecule has 0 bridgehead atoms. The number of nitrogens with zero attached hydrogens (tertiary/aromatic N) is 2. The normalized spacial score (nSPS) is 10.8. The van der Waals surface area contributed by atoms with Crippen molar-refractivity contribution in [2.45, 2.75) is 12.8 Å². The maximum atomic E-state index is 5.47. The van der Waals surface area contributed by atoms with Gasteiger partial charge in [-0.2, -0.15) is 0 Å². The lowest BCUT2D eigenvalue weighted by Crippen LogP contribution is -1.99. The van der Waals surface area contributed by atoms with E-state index in [1.54, 1.807) is 11.3 Å². The minimum atomic E-state index is 0.736. The van der Waals surface area contributed by atoms with Gasteiger partial charge in [-0.05, 0) is 19.0 Å². The van der Waals surface area contributed by atoms with Crippen molar-refractivity contribution in [2.24, 2.45) is 12.8 Å². The molecule has 2 N–H and O–H groups in total. The summed E-state index contributed by atoms with van der Waals surface area (Å²) >= 11 is 1.72. The number of rotatable bonds is 4. The Morgan fingerprint density at radius 2 is 2.40 bits per heavy atom. The van der Waals surface area contributed by atoms with Gasteiger partial charge in [-0.3, -0.25) is 0 Å². The Morgan fingerprint density at radius 3 is 3.07 bits per heavy atom. The highest BCUT2D eigenvalue weighted by Gasteiger charge is 2.04. The molecule has 2 aromatic rings. The minimum Gasteiger partial charge on any atom is -0.357 e. The van der Waals surface area contributed by atoms with Crippen LogP contribution in [0.4, 0.5) is 0 Å². The predicted molar refractivity (Wildman–Crippen MR) is 63.9 cm³/mol. The molecular weight excluding hydrogens is 206 g/mol. The lowest BCUT2D eigenvalue weighted by molar-refractivity contribution is 0.826. The Bertz CT molecular complexity index is 430. The van der Waals surface area contributed by atoms with E-state index in [2.05, 4.69) is 22.6 Å². The molecule has 2 aromatic heterocycles. The molecule has 0 aromatic carbocycles. The molecule has 0 radical (unpaired) electrons. The molecular formula is C11H15N3S. The van der Waals surface area contributed by atoms with Crippen LogP contribution in [-0.4, -0.2) is 16.1 Å². The molecule has 0 aliphatic heterocycles. The fourth-order valence-corrected chi connectivity index (χ4v) is 2.32. The lowest BCUT2D eigenvalue weighted by atomic mass is 10.3. The zero-order valence-electron chi connectivity index (χ0n) is 8.81. The van der Waals surface area contributed by atoms with Gasteiger partial charge in [-0.25, -0.2) is 4.98 Å². The predicted octanol–water partition coefficient (Wildman–Crippen LogP) is 2.04. The van der Waals surface area contributed by atoms with Gasteiger partial charge in [0, 0.05) is 36.8 Å². The maximum absolute atomic E-state index is 5.47. The molecule has 0 aliphatic rings. The summed E-state index contributed by atoms with van der Waals surface area (Å²) in [5.74, 6) is 0. The first kappa shape index (κ1) is 10.4. The van der Waals surface area contributed by atoms with Gasteiger partial charge in [-0.1, -0.05) is 0 Å². The third-order valence-corrected chi connectivity index (χ3v) is 3.18. The summed E-state index contributed by atoms with van der Waals surface area (Å²) in [6.07, 6.45) is 6.13. The van der Waals surface area contributed by atoms with Gasteiger partial charge in [0.05, 0.1) is 10.7 Å². The van der Waals surface area contributed by atoms with Crippen molar-refractivity contribution in [1.29, 1.82) is 0 Å². The number of aryl methyl sites for hydroxylation is 2. The molecule has 3 nitrogen and oxygen atoms in total. The average Bonchev–Trinajstić information content (AvgIpc) is 2.83. The zero-order chi connectivity index (χ0) is 10.7. The van der Waals surface area contributed by atoms with Crippen LogP contribution in [0.5, 0.6) is 0 Å². The minimum absolute atomic E-state index is 0.736. The number of aromatic nitrogens is 2. The van der Waals surface area contributed by atoms with Crippen molar-refractivity contribution < 1.29 is 0 Å². The van der Waals surface area contributed by atoms with Crippen LogP contribution in [-0.2, 0) is 13.5 Å². The van der Waals surface area contributed by atoms with E-state index >= 15 is 0 Å². The Kier molecular flexibility index (Phi) is 3.18. The van der Waals surface area contributed by atoms with E-state index in [0.29, 0.717) is 0 Å². The van der Waals surface area contributed by atoms with Crippen LogP contribution in [0.2, 0.25) is 0 Å². The standard InChI is InChI=1S/C11H15N3S/c1-14-6-4-9(7-14)10-8-15-11(13-10)3-2-5-12/h4,6-8H,2-3,5,12H2,1H3. The van der Waals surface area contributed by atoms with Crippen LogP contribution < -0.4 is 5.73 Å². The van der Waals surface area contributed by atoms with E-state index in [1.807, 2.05) is 17.8 Å². The van der Waals surface area contributed by atoms with Crippen molar-refractivity contribution in [3.05, 3.63) is 28.8 Å². The molecule has 0 unspecified atom stereocenters. The molecule has 2 heterocycles. The van der Waals surface area contributed by atoms with E-state index < -0.39 is 0 Å². The third-order valence-electron chi connectivity index (χ3n) is 2.27. The highest BCUT2D eigenvalue weighted by Crippen LogP contribution is 2.22. The summed E-state index contributed by atoms with van der Waals surface area (Å²) in [7, 11) is 2.02. The smallest absolute Gasteiger partial charge is 0.0933 e. The number of hydrogen-bond acceptors (Lipinski definition) is 3. The van der Waals surface area contributed by atoms with Crippen LogP contribution in [0.25, 0.3) is 11.3 Å². The van der Waals surface area contributed by atoms with Crippen LogP contribution in [0.1, 0.15) is 11.4 Å². The van der Waals surface area contributed by atoms with E-state index in [4.69, 9.17) is 5.73 Å². The highest BCUT2D eigenvalue weighted by atomic mass is 32.1. The maximum Gasteiger partial charge on any atom is 0.0933 e. The second-order valence-electron chi connectivity index (χ2n) is 3.58. The molecule has 0 spiro atoms. The summed E-state index contributed by atoms with van der Waals surface area (Å²) < 4.78 is 2.04. The summed E-state index contributed by atoms with van der Waals surface area (Å²) in [4.78, 5) is 4.58. The summed E-state index contributed by atoms with van der Waals surface area (Å²) in [5.41, 5.74) is 7.74. The molecule has 0 saturated heterocycles. The fraction of sp³-hybridized carbons (Fsp3) is 0.364. The van der Waals surface area contributed by atoms with E-state index in [-0.39, 0.29) is 0 Å². The van der Waals surface area contributed by atoms with Crippen molar-refractivity contribution in [1.82, 2.24) is 9.55 Å². The van der Waals surface area contributed by atoms with Crippen LogP contribution in [0.3, 0.4) is 0 Å². The quantitative estimate of drug-likeness (QED) is 0.858. The Balaban J connectivity index is 2.13. The van der Waals surface area contributed by atoms with Crippen molar-refractivity contribution in [3.8, 4) is 11.3 Å². The Morgan fingerprint density at radius 1 is 1.53 bits per heavy atom. The molecule has 2 rings (SSSR count). The number of nitrogens with two attached hydrogens (primary N) is 1. The first-order valence-corrected chi connectivity index (χ1v) is 5.94. The lowest BCUT2D eigenvalue weighted by Gasteiger charge is -1.92. The Hall–Kier alpha value is -1.13. The molecule has 15 heavy (non-hydrogen) atoms. The van der Waals surface area contributed by atoms with Gasteiger partial charge in [0.2, 0.25) is 0 Å². The van der Waals surface area contributed by atoms with E-state index in [0.717, 1.165) is 25.1 Å². The number of hydrogen-bond donors (Lipinski definition) is 1. The number of thiazole rings is 1. The largest absolute Gasteiger partial charge is 0.357 e. The van der Waals surface area contributed by atoms with Gasteiger partial charge in [0.15, 0.2) is 0 Å². The van der Waals surface area contributed by atoms with Gasteiger partial charge in [-0.15, -0.1) is 11.3 Å². The molecule has 0 atom stereocenters. The first-order chi connectivity index (χ1) is 7.29. The SMILES string of the molecule is Cn1ccc(-c2csc(CCCN)n2)c1. The molecule has 4 heteroatoms. The van der Waals surface area contributed by atoms with Gasteiger partial charge < -0.3 is 10.3 Å². The second kappa shape index (κ2) is 4.59. The van der Waals surface area contributed by atoms with E-state index in [9.17, 15) is 0 Å². The summed E-state index contributed by atoms with van der Waals surface area (Å²) in [5, 5.41) is 3.29. The molecule has 0 fully saturated rings. The van der Waals surface area contributed by atoms with Gasteiger partial charge in [0.1, 0.15) is 0 Å². The molecule has 0 amide bonds. The van der Waals surface area contributed by atoms with Gasteiger partial charge >= 0.3 is 0 Å². The van der Waals surface area contributed by atoms with Crippen molar-refractivity contribution in [2.75, 3.05) is 6.54 Å². The van der Waals surface area contributed by atoms with Gasteiger partial charge in [0.25, 0.3) is 0 Å². The summed E-state index contributed by atoms with van der Waals surface area (Å²) in [6.45, 7) is 0.736. The Labute approximate surface area is 93.6 Å². The zero-order valence-corrected chi connectivity index (χ0v) is 9.63. The van der Waals surface area contributed by atoms with Crippen LogP contribution >= 0.6 is 11.3 Å².